The van der Waals surface area contributed by atoms with E-state index >= 15 is 0 Å². The Morgan fingerprint density at radius 3 is 2.50 bits per heavy atom. The van der Waals surface area contributed by atoms with Crippen molar-refractivity contribution in [1.29, 1.82) is 0 Å². The van der Waals surface area contributed by atoms with Crippen LogP contribution >= 0.6 is 0 Å². The van der Waals surface area contributed by atoms with Crippen LogP contribution < -0.4 is 0 Å². The van der Waals surface area contributed by atoms with Gasteiger partial charge in [-0.3, -0.25) is 14.4 Å². The highest BCUT2D eigenvalue weighted by Crippen LogP contribution is 2.58. The van der Waals surface area contributed by atoms with Crippen molar-refractivity contribution in [1.82, 2.24) is 9.80 Å². The molecule has 4 heterocycles. The van der Waals surface area contributed by atoms with Gasteiger partial charge in [-0.25, -0.2) is 0 Å². The van der Waals surface area contributed by atoms with E-state index in [-0.39, 0.29) is 30.9 Å². The summed E-state index contributed by atoms with van der Waals surface area (Å²) in [5.41, 5.74) is -1.46. The van der Waals surface area contributed by atoms with Gasteiger partial charge in [-0.05, 0) is 37.2 Å². The molecule has 0 radical (unpaired) electrons. The molecule has 2 amide bonds. The summed E-state index contributed by atoms with van der Waals surface area (Å²) >= 11 is 0. The monoisotopic (exact) mass is 550 g/mol. The number of nitrogens with zero attached hydrogens (tertiary/aromatic N) is 2. The summed E-state index contributed by atoms with van der Waals surface area (Å²) in [7, 11) is 0. The molecule has 5 rings (SSSR count). The van der Waals surface area contributed by atoms with Gasteiger partial charge in [0.2, 0.25) is 11.8 Å². The highest BCUT2D eigenvalue weighted by Gasteiger charge is 2.76. The Bertz CT molecular complexity index is 1170. The van der Waals surface area contributed by atoms with E-state index in [1.165, 1.54) is 0 Å². The van der Waals surface area contributed by atoms with E-state index in [9.17, 15) is 19.5 Å². The lowest BCUT2D eigenvalue weighted by molar-refractivity contribution is -0.164. The molecular formula is C32H42N2O6. The lowest BCUT2D eigenvalue weighted by Crippen LogP contribution is -2.59. The van der Waals surface area contributed by atoms with E-state index in [4.69, 9.17) is 9.47 Å². The zero-order valence-electron chi connectivity index (χ0n) is 23.8. The molecule has 1 unspecified atom stereocenters. The van der Waals surface area contributed by atoms with Crippen molar-refractivity contribution in [3.63, 3.8) is 0 Å². The number of carbonyl (C=O) groups is 3. The predicted octanol–water partition coefficient (Wildman–Crippen LogP) is 3.64. The van der Waals surface area contributed by atoms with E-state index in [0.717, 1.165) is 24.8 Å². The molecule has 8 heteroatoms. The smallest absolute Gasteiger partial charge is 0.313 e. The number of amides is 2. The van der Waals surface area contributed by atoms with E-state index in [1.54, 1.807) is 9.80 Å². The zero-order chi connectivity index (χ0) is 28.5. The molecule has 1 aromatic rings. The van der Waals surface area contributed by atoms with Gasteiger partial charge in [0.1, 0.15) is 23.2 Å². The second-order valence-corrected chi connectivity index (χ2v) is 11.7. The van der Waals surface area contributed by atoms with Crippen LogP contribution in [0.1, 0.15) is 58.4 Å². The number of fused-ring (bicyclic) bond motifs is 2. The summed E-state index contributed by atoms with van der Waals surface area (Å²) in [5, 5.41) is 10.6. The number of hydrogen-bond donors (Lipinski definition) is 1. The Morgan fingerprint density at radius 2 is 1.80 bits per heavy atom. The van der Waals surface area contributed by atoms with Crippen LogP contribution in [0.5, 0.6) is 0 Å². The number of benzene rings is 1. The molecular weight excluding hydrogens is 508 g/mol. The quantitative estimate of drug-likeness (QED) is 0.412. The molecule has 2 fully saturated rings. The van der Waals surface area contributed by atoms with Crippen molar-refractivity contribution < 1.29 is 29.0 Å². The van der Waals surface area contributed by atoms with Crippen LogP contribution in [0, 0.1) is 17.8 Å². The second-order valence-electron chi connectivity index (χ2n) is 11.7. The predicted molar refractivity (Wildman–Crippen MR) is 150 cm³/mol. The molecule has 4 aliphatic rings. The normalized spacial score (nSPS) is 34.4. The maximum absolute atomic E-state index is 14.6. The number of allylic oxidation sites excluding steroid dienone is 1. The summed E-state index contributed by atoms with van der Waals surface area (Å²) in [5.74, 6) is -2.94. The minimum Gasteiger partial charge on any atom is -0.465 e. The summed E-state index contributed by atoms with van der Waals surface area (Å²) in [6, 6.07) is 8.15. The molecule has 8 nitrogen and oxygen atoms in total. The van der Waals surface area contributed by atoms with Crippen LogP contribution in [0.4, 0.5) is 0 Å². The number of aliphatic hydroxyl groups is 1. The molecule has 40 heavy (non-hydrogen) atoms. The van der Waals surface area contributed by atoms with E-state index in [1.807, 2.05) is 75.4 Å². The number of carbonyl (C=O) groups excluding carboxylic acids is 3. The molecule has 4 aliphatic heterocycles. The number of esters is 1. The SMILES string of the molecule is CC[C@H](C)[C@H](CO)N1C(=O)[C@@H]2[C@H]3C(=O)OCCCC/C=C\[C@@]3(CC)O[C@@]23C=CCN(Cc2ccccc2)C(=O)C13. The third-order valence-corrected chi connectivity index (χ3v) is 9.47. The minimum atomic E-state index is -1.36. The highest BCUT2D eigenvalue weighted by molar-refractivity contribution is 5.99. The highest BCUT2D eigenvalue weighted by atomic mass is 16.6. The largest absolute Gasteiger partial charge is 0.465 e. The first-order valence-electron chi connectivity index (χ1n) is 14.8. The van der Waals surface area contributed by atoms with Gasteiger partial charge in [0.05, 0.1) is 25.2 Å². The maximum atomic E-state index is 14.6. The number of cyclic esters (lactones) is 1. The van der Waals surface area contributed by atoms with Crippen molar-refractivity contribution >= 4 is 17.8 Å². The van der Waals surface area contributed by atoms with Gasteiger partial charge >= 0.3 is 5.97 Å². The fourth-order valence-electron chi connectivity index (χ4n) is 7.14. The molecule has 1 N–H and O–H groups in total. The summed E-state index contributed by atoms with van der Waals surface area (Å²) < 4.78 is 12.8. The Labute approximate surface area is 237 Å². The standard InChI is InChI=1S/C32H42N2O6/c1-4-22(3)24(21-35)34-27-29(37)33(20-23-14-9-8-10-15-23)18-13-17-32(27)25(28(34)36)26-30(38)39-19-12-7-6-11-16-31(26,5-2)40-32/h8-11,13-17,22,24-27,35H,4-7,12,18-21H2,1-3H3/b16-11-/t22-,24-,25-,26-,27?,31+,32-/m0/s1. The maximum Gasteiger partial charge on any atom is 0.313 e. The van der Waals surface area contributed by atoms with E-state index in [2.05, 4.69) is 0 Å². The average molecular weight is 551 g/mol. The molecule has 2 saturated heterocycles. The number of aliphatic hydroxyl groups excluding tert-OH is 1. The van der Waals surface area contributed by atoms with Gasteiger partial charge in [-0.1, -0.05) is 81.8 Å². The van der Waals surface area contributed by atoms with Crippen molar-refractivity contribution in [3.8, 4) is 0 Å². The first-order valence-corrected chi connectivity index (χ1v) is 14.8. The number of hydrogen-bond acceptors (Lipinski definition) is 6. The molecule has 1 aromatic carbocycles. The fraction of sp³-hybridized carbons (Fsp3) is 0.594. The van der Waals surface area contributed by atoms with Crippen LogP contribution in [0.25, 0.3) is 0 Å². The lowest BCUT2D eigenvalue weighted by atomic mass is 9.73. The van der Waals surface area contributed by atoms with E-state index < -0.39 is 41.1 Å². The first-order chi connectivity index (χ1) is 19.3. The molecule has 0 bridgehead atoms. The summed E-state index contributed by atoms with van der Waals surface area (Å²) in [6.45, 7) is 6.65. The van der Waals surface area contributed by atoms with Crippen LogP contribution in [-0.4, -0.2) is 75.7 Å². The van der Waals surface area contributed by atoms with Crippen LogP contribution in [0.15, 0.2) is 54.6 Å². The topological polar surface area (TPSA) is 96.4 Å². The van der Waals surface area contributed by atoms with Crippen LogP contribution in [0.3, 0.4) is 0 Å². The molecule has 0 aliphatic carbocycles. The van der Waals surface area contributed by atoms with Crippen LogP contribution in [-0.2, 0) is 30.4 Å². The number of ether oxygens (including phenoxy) is 2. The minimum absolute atomic E-state index is 0.0701. The third-order valence-electron chi connectivity index (χ3n) is 9.47. The summed E-state index contributed by atoms with van der Waals surface area (Å²) in [4.78, 5) is 46.3. The van der Waals surface area contributed by atoms with Gasteiger partial charge in [-0.15, -0.1) is 0 Å². The van der Waals surface area contributed by atoms with Crippen molar-refractivity contribution in [2.45, 2.75) is 82.7 Å². The van der Waals surface area contributed by atoms with Crippen molar-refractivity contribution in [3.05, 3.63) is 60.2 Å². The molecule has 0 saturated carbocycles. The number of likely N-dealkylation sites (tertiary alicyclic amines) is 1. The molecule has 7 atom stereocenters. The Hall–Kier alpha value is -2.97. The fourth-order valence-corrected chi connectivity index (χ4v) is 7.14. The molecule has 1 spiro atoms. The van der Waals surface area contributed by atoms with Gasteiger partial charge < -0.3 is 24.4 Å². The average Bonchev–Trinajstić information content (AvgIpc) is 3.33. The van der Waals surface area contributed by atoms with Gasteiger partial charge in [0, 0.05) is 13.1 Å². The first kappa shape index (κ1) is 28.6. The van der Waals surface area contributed by atoms with Crippen molar-refractivity contribution in [2.75, 3.05) is 19.8 Å². The third kappa shape index (κ3) is 4.59. The van der Waals surface area contributed by atoms with Gasteiger partial charge in [-0.2, -0.15) is 0 Å². The second kappa shape index (κ2) is 11.5. The molecule has 0 aromatic heterocycles. The van der Waals surface area contributed by atoms with Crippen LogP contribution in [0.2, 0.25) is 0 Å². The Morgan fingerprint density at radius 1 is 1.02 bits per heavy atom. The van der Waals surface area contributed by atoms with Gasteiger partial charge in [0.15, 0.2) is 0 Å². The Kier molecular flexibility index (Phi) is 8.20. The lowest BCUT2D eigenvalue weighted by Gasteiger charge is -2.42. The Balaban J connectivity index is 1.66. The van der Waals surface area contributed by atoms with E-state index in [0.29, 0.717) is 25.9 Å². The number of rotatable bonds is 7. The summed E-state index contributed by atoms with van der Waals surface area (Å²) in [6.07, 6.45) is 11.4. The van der Waals surface area contributed by atoms with Crippen molar-refractivity contribution in [2.24, 2.45) is 17.8 Å². The zero-order valence-corrected chi connectivity index (χ0v) is 23.8. The van der Waals surface area contributed by atoms with Gasteiger partial charge in [0.25, 0.3) is 0 Å². The molecule has 216 valence electrons.